The predicted octanol–water partition coefficient (Wildman–Crippen LogP) is 4.10. The molecule has 2 rings (SSSR count). The zero-order valence-electron chi connectivity index (χ0n) is 11.6. The van der Waals surface area contributed by atoms with Gasteiger partial charge in [-0.05, 0) is 55.7 Å². The molecular formula is C15H21FN2S. The summed E-state index contributed by atoms with van der Waals surface area (Å²) >= 11 is 5.45. The summed E-state index contributed by atoms with van der Waals surface area (Å²) < 4.78 is 13.1. The van der Waals surface area contributed by atoms with Gasteiger partial charge in [0.15, 0.2) is 5.11 Å². The first-order chi connectivity index (χ1) is 9.08. The number of benzene rings is 1. The van der Waals surface area contributed by atoms with Gasteiger partial charge in [-0.25, -0.2) is 4.39 Å². The fraction of sp³-hybridized carbons (Fsp3) is 0.533. The van der Waals surface area contributed by atoms with E-state index < -0.39 is 0 Å². The van der Waals surface area contributed by atoms with Crippen LogP contribution < -0.4 is 5.32 Å². The van der Waals surface area contributed by atoms with Crippen LogP contribution in [-0.4, -0.2) is 23.1 Å². The summed E-state index contributed by atoms with van der Waals surface area (Å²) in [5.41, 5.74) is 1.76. The van der Waals surface area contributed by atoms with Crippen molar-refractivity contribution in [2.24, 2.45) is 0 Å². The van der Waals surface area contributed by atoms with Gasteiger partial charge in [0.05, 0.1) is 0 Å². The molecule has 0 saturated heterocycles. The predicted molar refractivity (Wildman–Crippen MR) is 82.0 cm³/mol. The van der Waals surface area contributed by atoms with Crippen molar-refractivity contribution in [3.8, 4) is 0 Å². The Labute approximate surface area is 120 Å². The van der Waals surface area contributed by atoms with E-state index in [-0.39, 0.29) is 5.82 Å². The Morgan fingerprint density at radius 1 is 1.32 bits per heavy atom. The zero-order valence-corrected chi connectivity index (χ0v) is 12.4. The lowest BCUT2D eigenvalue weighted by atomic mass is 9.95. The molecule has 0 radical (unpaired) electrons. The van der Waals surface area contributed by atoms with Crippen molar-refractivity contribution in [3.63, 3.8) is 0 Å². The normalized spacial score (nSPS) is 16.2. The van der Waals surface area contributed by atoms with Crippen LogP contribution in [0.3, 0.4) is 0 Å². The standard InChI is InChI=1S/C15H21FN2S/c1-11-10-12(16)8-9-14(11)17-15(19)18(2)13-6-4-3-5-7-13/h8-10,13H,3-7H2,1-2H3,(H,17,19). The van der Waals surface area contributed by atoms with E-state index in [0.717, 1.165) is 16.4 Å². The molecule has 0 aromatic heterocycles. The van der Waals surface area contributed by atoms with Crippen LogP contribution >= 0.6 is 12.2 Å². The number of hydrogen-bond donors (Lipinski definition) is 1. The number of halogens is 1. The van der Waals surface area contributed by atoms with Crippen LogP contribution in [0.5, 0.6) is 0 Å². The molecule has 0 bridgehead atoms. The van der Waals surface area contributed by atoms with Gasteiger partial charge in [0.2, 0.25) is 0 Å². The van der Waals surface area contributed by atoms with Crippen molar-refractivity contribution in [1.82, 2.24) is 4.90 Å². The van der Waals surface area contributed by atoms with Crippen molar-refractivity contribution >= 4 is 23.0 Å². The minimum absolute atomic E-state index is 0.213. The fourth-order valence-electron chi connectivity index (χ4n) is 2.60. The first kappa shape index (κ1) is 14.3. The summed E-state index contributed by atoms with van der Waals surface area (Å²) in [6, 6.07) is 5.25. The van der Waals surface area contributed by atoms with E-state index in [1.807, 2.05) is 14.0 Å². The molecule has 0 unspecified atom stereocenters. The van der Waals surface area contributed by atoms with Crippen LogP contribution in [0.25, 0.3) is 0 Å². The van der Waals surface area contributed by atoms with E-state index in [9.17, 15) is 4.39 Å². The highest BCUT2D eigenvalue weighted by Crippen LogP contribution is 2.23. The second-order valence-electron chi connectivity index (χ2n) is 5.29. The SMILES string of the molecule is Cc1cc(F)ccc1NC(=S)N(C)C1CCCCC1. The highest BCUT2D eigenvalue weighted by atomic mass is 32.1. The highest BCUT2D eigenvalue weighted by Gasteiger charge is 2.20. The second kappa shape index (κ2) is 6.33. The first-order valence-corrected chi connectivity index (χ1v) is 7.28. The van der Waals surface area contributed by atoms with E-state index in [1.54, 1.807) is 6.07 Å². The third kappa shape index (κ3) is 3.66. The quantitative estimate of drug-likeness (QED) is 0.821. The lowest BCUT2D eigenvalue weighted by molar-refractivity contribution is 0.281. The lowest BCUT2D eigenvalue weighted by Gasteiger charge is -2.33. The molecule has 104 valence electrons. The molecule has 1 aromatic carbocycles. The summed E-state index contributed by atoms with van der Waals surface area (Å²) in [5, 5.41) is 3.95. The number of rotatable bonds is 2. The fourth-order valence-corrected chi connectivity index (χ4v) is 2.86. The Balaban J connectivity index is 1.99. The Hall–Kier alpha value is -1.16. The Morgan fingerprint density at radius 3 is 2.63 bits per heavy atom. The van der Waals surface area contributed by atoms with E-state index in [1.165, 1.54) is 44.2 Å². The first-order valence-electron chi connectivity index (χ1n) is 6.88. The van der Waals surface area contributed by atoms with Gasteiger partial charge < -0.3 is 10.2 Å². The van der Waals surface area contributed by atoms with Gasteiger partial charge in [0, 0.05) is 18.8 Å². The maximum atomic E-state index is 13.1. The molecule has 1 saturated carbocycles. The monoisotopic (exact) mass is 280 g/mol. The summed E-state index contributed by atoms with van der Waals surface area (Å²) in [6.07, 6.45) is 6.32. The maximum Gasteiger partial charge on any atom is 0.173 e. The highest BCUT2D eigenvalue weighted by molar-refractivity contribution is 7.80. The van der Waals surface area contributed by atoms with E-state index >= 15 is 0 Å². The molecule has 1 fully saturated rings. The molecule has 1 aliphatic carbocycles. The molecule has 4 heteroatoms. The van der Waals surface area contributed by atoms with Gasteiger partial charge in [0.25, 0.3) is 0 Å². The topological polar surface area (TPSA) is 15.3 Å². The molecule has 0 heterocycles. The van der Waals surface area contributed by atoms with Gasteiger partial charge in [-0.3, -0.25) is 0 Å². The van der Waals surface area contributed by atoms with Crippen molar-refractivity contribution in [2.45, 2.75) is 45.1 Å². The average molecular weight is 280 g/mol. The van der Waals surface area contributed by atoms with Crippen LogP contribution in [0.1, 0.15) is 37.7 Å². The van der Waals surface area contributed by atoms with E-state index in [0.29, 0.717) is 6.04 Å². The minimum Gasteiger partial charge on any atom is -0.349 e. The third-order valence-electron chi connectivity index (χ3n) is 3.87. The molecule has 1 N–H and O–H groups in total. The maximum absolute atomic E-state index is 13.1. The summed E-state index contributed by atoms with van der Waals surface area (Å²) in [6.45, 7) is 1.88. The third-order valence-corrected chi connectivity index (χ3v) is 4.26. The summed E-state index contributed by atoms with van der Waals surface area (Å²) in [4.78, 5) is 2.15. The molecule has 1 aromatic rings. The largest absolute Gasteiger partial charge is 0.349 e. The van der Waals surface area contributed by atoms with Crippen LogP contribution in [0.4, 0.5) is 10.1 Å². The Kier molecular flexibility index (Phi) is 4.75. The molecule has 0 atom stereocenters. The average Bonchev–Trinajstić information content (AvgIpc) is 2.42. The molecule has 0 amide bonds. The number of thiocarbonyl (C=S) groups is 1. The van der Waals surface area contributed by atoms with Gasteiger partial charge in [-0.15, -0.1) is 0 Å². The van der Waals surface area contributed by atoms with Gasteiger partial charge in [0.1, 0.15) is 5.82 Å². The molecule has 1 aliphatic rings. The Bertz CT molecular complexity index is 455. The zero-order chi connectivity index (χ0) is 13.8. The van der Waals surface area contributed by atoms with Crippen molar-refractivity contribution in [1.29, 1.82) is 0 Å². The number of anilines is 1. The molecule has 0 spiro atoms. The Morgan fingerprint density at radius 2 is 2.00 bits per heavy atom. The van der Waals surface area contributed by atoms with Crippen molar-refractivity contribution in [2.75, 3.05) is 12.4 Å². The number of aryl methyl sites for hydroxylation is 1. The van der Waals surface area contributed by atoms with Crippen molar-refractivity contribution < 1.29 is 4.39 Å². The molecular weight excluding hydrogens is 259 g/mol. The van der Waals surface area contributed by atoms with E-state index in [2.05, 4.69) is 10.2 Å². The van der Waals surface area contributed by atoms with Crippen LogP contribution in [0.2, 0.25) is 0 Å². The summed E-state index contributed by atoms with van der Waals surface area (Å²) in [7, 11) is 2.05. The lowest BCUT2D eigenvalue weighted by Crippen LogP contribution is -2.40. The van der Waals surface area contributed by atoms with E-state index in [4.69, 9.17) is 12.2 Å². The molecule has 0 aliphatic heterocycles. The van der Waals surface area contributed by atoms with Gasteiger partial charge >= 0.3 is 0 Å². The van der Waals surface area contributed by atoms with Crippen LogP contribution in [-0.2, 0) is 0 Å². The minimum atomic E-state index is -0.213. The summed E-state index contributed by atoms with van der Waals surface area (Å²) in [5.74, 6) is -0.213. The molecule has 19 heavy (non-hydrogen) atoms. The van der Waals surface area contributed by atoms with Crippen LogP contribution in [0, 0.1) is 12.7 Å². The second-order valence-corrected chi connectivity index (χ2v) is 5.68. The smallest absolute Gasteiger partial charge is 0.173 e. The number of hydrogen-bond acceptors (Lipinski definition) is 1. The van der Waals surface area contributed by atoms with Gasteiger partial charge in [-0.2, -0.15) is 0 Å². The van der Waals surface area contributed by atoms with Crippen LogP contribution in [0.15, 0.2) is 18.2 Å². The van der Waals surface area contributed by atoms with Crippen molar-refractivity contribution in [3.05, 3.63) is 29.6 Å². The number of nitrogens with zero attached hydrogens (tertiary/aromatic N) is 1. The number of nitrogens with one attached hydrogen (secondary N) is 1. The molecule has 2 nitrogen and oxygen atoms in total. The van der Waals surface area contributed by atoms with Gasteiger partial charge in [-0.1, -0.05) is 19.3 Å².